The summed E-state index contributed by atoms with van der Waals surface area (Å²) in [7, 11) is 3.33. The lowest BCUT2D eigenvalue weighted by atomic mass is 10.2. The molecular weight excluding hydrogens is 210 g/mol. The van der Waals surface area contributed by atoms with E-state index in [0.29, 0.717) is 13.0 Å². The van der Waals surface area contributed by atoms with E-state index in [1.165, 1.54) is 11.9 Å². The van der Waals surface area contributed by atoms with Gasteiger partial charge in [0.25, 0.3) is 0 Å². The second kappa shape index (κ2) is 7.92. The highest BCUT2D eigenvalue weighted by Crippen LogP contribution is 2.01. The summed E-state index contributed by atoms with van der Waals surface area (Å²) in [6.45, 7) is 3.10. The van der Waals surface area contributed by atoms with Crippen molar-refractivity contribution in [2.24, 2.45) is 0 Å². The lowest BCUT2D eigenvalue weighted by Crippen LogP contribution is -2.47. The Morgan fingerprint density at radius 2 is 2.00 bits per heavy atom. The second-order valence-corrected chi connectivity index (χ2v) is 3.56. The highest BCUT2D eigenvalue weighted by Gasteiger charge is 2.24. The second-order valence-electron chi connectivity index (χ2n) is 3.56. The number of urea groups is 1. The van der Waals surface area contributed by atoms with E-state index in [2.05, 4.69) is 10.6 Å². The van der Waals surface area contributed by atoms with Crippen molar-refractivity contribution in [3.63, 3.8) is 0 Å². The zero-order valence-electron chi connectivity index (χ0n) is 10.1. The molecule has 94 valence electrons. The minimum absolute atomic E-state index is 0.342. The monoisotopic (exact) mass is 231 g/mol. The van der Waals surface area contributed by atoms with Crippen LogP contribution in [0.3, 0.4) is 0 Å². The molecule has 0 saturated carbocycles. The maximum atomic E-state index is 11.5. The summed E-state index contributed by atoms with van der Waals surface area (Å²) in [5, 5.41) is 14.5. The highest BCUT2D eigenvalue weighted by atomic mass is 16.4. The normalized spacial score (nSPS) is 11.9. The van der Waals surface area contributed by atoms with E-state index >= 15 is 0 Å². The van der Waals surface area contributed by atoms with Crippen molar-refractivity contribution >= 4 is 12.0 Å². The predicted molar refractivity (Wildman–Crippen MR) is 61.4 cm³/mol. The van der Waals surface area contributed by atoms with Crippen LogP contribution in [0.2, 0.25) is 0 Å². The van der Waals surface area contributed by atoms with Crippen LogP contribution < -0.4 is 10.6 Å². The van der Waals surface area contributed by atoms with Gasteiger partial charge < -0.3 is 20.6 Å². The van der Waals surface area contributed by atoms with Crippen molar-refractivity contribution in [2.75, 3.05) is 27.2 Å². The van der Waals surface area contributed by atoms with Crippen LogP contribution >= 0.6 is 0 Å². The van der Waals surface area contributed by atoms with Crippen LogP contribution in [-0.2, 0) is 4.79 Å². The Kier molecular flexibility index (Phi) is 7.28. The topological polar surface area (TPSA) is 81.7 Å². The molecule has 0 aromatic heterocycles. The van der Waals surface area contributed by atoms with Crippen molar-refractivity contribution in [3.05, 3.63) is 0 Å². The maximum Gasteiger partial charge on any atom is 0.326 e. The number of nitrogens with zero attached hydrogens (tertiary/aromatic N) is 1. The van der Waals surface area contributed by atoms with Crippen molar-refractivity contribution in [3.8, 4) is 0 Å². The molecule has 0 rings (SSSR count). The summed E-state index contributed by atoms with van der Waals surface area (Å²) < 4.78 is 0. The third-order valence-corrected chi connectivity index (χ3v) is 2.34. The van der Waals surface area contributed by atoms with Crippen LogP contribution in [-0.4, -0.2) is 55.2 Å². The average Bonchev–Trinajstić information content (AvgIpc) is 2.24. The number of likely N-dealkylation sites (N-methyl/N-ethyl adjacent to an activating group) is 1. The van der Waals surface area contributed by atoms with Crippen molar-refractivity contribution in [2.45, 2.75) is 25.8 Å². The minimum atomic E-state index is -0.977. The van der Waals surface area contributed by atoms with Crippen LogP contribution in [0.5, 0.6) is 0 Å². The molecule has 3 N–H and O–H groups in total. The zero-order valence-corrected chi connectivity index (χ0v) is 10.1. The van der Waals surface area contributed by atoms with Crippen molar-refractivity contribution < 1.29 is 14.7 Å². The molecule has 0 saturated heterocycles. The first-order valence-electron chi connectivity index (χ1n) is 5.42. The van der Waals surface area contributed by atoms with Crippen LogP contribution in [0.15, 0.2) is 0 Å². The van der Waals surface area contributed by atoms with Gasteiger partial charge in [-0.1, -0.05) is 6.92 Å². The predicted octanol–water partition coefficient (Wildman–Crippen LogP) is 0.101. The average molecular weight is 231 g/mol. The molecule has 0 aliphatic heterocycles. The van der Waals surface area contributed by atoms with E-state index in [0.717, 1.165) is 13.0 Å². The van der Waals surface area contributed by atoms with Gasteiger partial charge in [-0.15, -0.1) is 0 Å². The number of hydrogen-bond donors (Lipinski definition) is 3. The molecular formula is C10H21N3O3. The lowest BCUT2D eigenvalue weighted by molar-refractivity contribution is -0.141. The van der Waals surface area contributed by atoms with Gasteiger partial charge in [-0.25, -0.2) is 9.59 Å². The van der Waals surface area contributed by atoms with Gasteiger partial charge in [0.05, 0.1) is 0 Å². The maximum absolute atomic E-state index is 11.5. The standard InChI is InChI=1S/C10H21N3O3/c1-4-8(9(14)15)13(3)10(16)12-7-5-6-11-2/h8,11H,4-7H2,1-3H3,(H,12,16)(H,14,15). The van der Waals surface area contributed by atoms with Crippen molar-refractivity contribution in [1.29, 1.82) is 0 Å². The molecule has 0 heterocycles. The number of carbonyl (C=O) groups is 2. The number of aliphatic carboxylic acids is 1. The first-order chi connectivity index (χ1) is 7.54. The molecule has 0 spiro atoms. The van der Waals surface area contributed by atoms with Gasteiger partial charge in [0.15, 0.2) is 0 Å². The van der Waals surface area contributed by atoms with E-state index in [1.807, 2.05) is 7.05 Å². The summed E-state index contributed by atoms with van der Waals surface area (Å²) in [5.74, 6) is -0.977. The molecule has 0 aromatic rings. The highest BCUT2D eigenvalue weighted by molar-refractivity contribution is 5.82. The van der Waals surface area contributed by atoms with Crippen LogP contribution in [0.25, 0.3) is 0 Å². The largest absolute Gasteiger partial charge is 0.480 e. The number of amides is 2. The van der Waals surface area contributed by atoms with Gasteiger partial charge in [0.1, 0.15) is 6.04 Å². The lowest BCUT2D eigenvalue weighted by Gasteiger charge is -2.23. The molecule has 0 bridgehead atoms. The summed E-state index contributed by atoms with van der Waals surface area (Å²) in [5.41, 5.74) is 0. The molecule has 0 aliphatic rings. The number of hydrogen-bond acceptors (Lipinski definition) is 3. The molecule has 16 heavy (non-hydrogen) atoms. The van der Waals surface area contributed by atoms with Gasteiger partial charge in [-0.2, -0.15) is 0 Å². The zero-order chi connectivity index (χ0) is 12.6. The molecule has 6 nitrogen and oxygen atoms in total. The van der Waals surface area contributed by atoms with Crippen LogP contribution in [0.4, 0.5) is 4.79 Å². The van der Waals surface area contributed by atoms with Crippen molar-refractivity contribution in [1.82, 2.24) is 15.5 Å². The Hall–Kier alpha value is -1.30. The van der Waals surface area contributed by atoms with Gasteiger partial charge in [0, 0.05) is 13.6 Å². The molecule has 1 atom stereocenters. The van der Waals surface area contributed by atoms with E-state index in [1.54, 1.807) is 6.92 Å². The van der Waals surface area contributed by atoms with Gasteiger partial charge in [0.2, 0.25) is 0 Å². The quantitative estimate of drug-likeness (QED) is 0.543. The minimum Gasteiger partial charge on any atom is -0.480 e. The third-order valence-electron chi connectivity index (χ3n) is 2.34. The van der Waals surface area contributed by atoms with E-state index in [-0.39, 0.29) is 6.03 Å². The molecule has 6 heteroatoms. The van der Waals surface area contributed by atoms with Crippen LogP contribution in [0, 0.1) is 0 Å². The Labute approximate surface area is 96.0 Å². The van der Waals surface area contributed by atoms with E-state index in [4.69, 9.17) is 5.11 Å². The summed E-state index contributed by atoms with van der Waals surface area (Å²) >= 11 is 0. The number of rotatable bonds is 7. The van der Waals surface area contributed by atoms with Gasteiger partial charge in [-0.05, 0) is 26.4 Å². The van der Waals surface area contributed by atoms with Gasteiger partial charge in [-0.3, -0.25) is 0 Å². The van der Waals surface area contributed by atoms with E-state index < -0.39 is 12.0 Å². The van der Waals surface area contributed by atoms with Gasteiger partial charge >= 0.3 is 12.0 Å². The molecule has 0 fully saturated rings. The molecule has 0 radical (unpaired) electrons. The fourth-order valence-corrected chi connectivity index (χ4v) is 1.34. The number of carboxylic acid groups (broad SMARTS) is 1. The molecule has 1 unspecified atom stereocenters. The fraction of sp³-hybridized carbons (Fsp3) is 0.800. The number of nitrogens with one attached hydrogen (secondary N) is 2. The first kappa shape index (κ1) is 14.7. The van der Waals surface area contributed by atoms with E-state index in [9.17, 15) is 9.59 Å². The summed E-state index contributed by atoms with van der Waals surface area (Å²) in [4.78, 5) is 23.6. The summed E-state index contributed by atoms with van der Waals surface area (Å²) in [6.07, 6.45) is 1.22. The molecule has 0 aliphatic carbocycles. The smallest absolute Gasteiger partial charge is 0.326 e. The Bertz CT molecular complexity index is 233. The number of carbonyl (C=O) groups excluding carboxylic acids is 1. The number of carboxylic acids is 1. The molecule has 2 amide bonds. The first-order valence-corrected chi connectivity index (χ1v) is 5.42. The molecule has 0 aromatic carbocycles. The summed E-state index contributed by atoms with van der Waals surface area (Å²) in [6, 6.07) is -1.10. The fourth-order valence-electron chi connectivity index (χ4n) is 1.34. The third kappa shape index (κ3) is 4.97. The Morgan fingerprint density at radius 3 is 2.44 bits per heavy atom. The Morgan fingerprint density at radius 1 is 1.38 bits per heavy atom. The van der Waals surface area contributed by atoms with Crippen LogP contribution in [0.1, 0.15) is 19.8 Å². The Balaban J connectivity index is 4.01. The SMILES string of the molecule is CCC(C(=O)O)N(C)C(=O)NCCCNC.